The highest BCUT2D eigenvalue weighted by atomic mass is 79.9. The van der Waals surface area contributed by atoms with Gasteiger partial charge in [-0.25, -0.2) is 4.98 Å². The van der Waals surface area contributed by atoms with Crippen molar-refractivity contribution in [2.75, 3.05) is 19.6 Å². The van der Waals surface area contributed by atoms with Crippen molar-refractivity contribution < 1.29 is 4.74 Å². The van der Waals surface area contributed by atoms with Gasteiger partial charge in [-0.1, -0.05) is 15.9 Å². The highest BCUT2D eigenvalue weighted by Crippen LogP contribution is 2.21. The maximum Gasteiger partial charge on any atom is 0.214 e. The largest absolute Gasteiger partial charge is 0.473 e. The van der Waals surface area contributed by atoms with Crippen LogP contribution in [0.15, 0.2) is 34.8 Å². The second kappa shape index (κ2) is 6.10. The number of pyridine rings is 1. The molecule has 2 aromatic rings. The zero-order valence-corrected chi connectivity index (χ0v) is 13.3. The third-order valence-electron chi connectivity index (χ3n) is 3.66. The number of fused-ring (bicyclic) bond motifs is 1. The first kappa shape index (κ1) is 13.8. The first-order chi connectivity index (χ1) is 9.70. The van der Waals surface area contributed by atoms with Gasteiger partial charge in [0.2, 0.25) is 5.88 Å². The average Bonchev–Trinajstić information content (AvgIpc) is 2.91. The number of benzene rings is 1. The topological polar surface area (TPSA) is 25.4 Å². The Morgan fingerprint density at radius 3 is 2.85 bits per heavy atom. The van der Waals surface area contributed by atoms with Crippen LogP contribution in [0.25, 0.3) is 10.9 Å². The summed E-state index contributed by atoms with van der Waals surface area (Å²) >= 11 is 3.48. The van der Waals surface area contributed by atoms with Gasteiger partial charge < -0.3 is 4.74 Å². The van der Waals surface area contributed by atoms with Crippen molar-refractivity contribution in [2.45, 2.75) is 25.9 Å². The molecule has 0 bridgehead atoms. The van der Waals surface area contributed by atoms with Crippen molar-refractivity contribution >= 4 is 26.8 Å². The Morgan fingerprint density at radius 1 is 1.25 bits per heavy atom. The molecule has 1 aromatic carbocycles. The van der Waals surface area contributed by atoms with E-state index in [1.54, 1.807) is 0 Å². The Hall–Kier alpha value is -1.13. The molecule has 3 nitrogen and oxygen atoms in total. The van der Waals surface area contributed by atoms with E-state index in [-0.39, 0.29) is 6.10 Å². The molecule has 0 radical (unpaired) electrons. The highest BCUT2D eigenvalue weighted by molar-refractivity contribution is 9.10. The summed E-state index contributed by atoms with van der Waals surface area (Å²) in [6.07, 6.45) is 2.81. The summed E-state index contributed by atoms with van der Waals surface area (Å²) in [4.78, 5) is 7.03. The number of aromatic nitrogens is 1. The lowest BCUT2D eigenvalue weighted by Gasteiger charge is -2.20. The van der Waals surface area contributed by atoms with E-state index >= 15 is 0 Å². The first-order valence-electron chi connectivity index (χ1n) is 7.16. The molecule has 3 rings (SSSR count). The van der Waals surface area contributed by atoms with Crippen LogP contribution in [0.5, 0.6) is 5.88 Å². The second-order valence-corrected chi connectivity index (χ2v) is 6.34. The number of nitrogens with zero attached hydrogens (tertiary/aromatic N) is 2. The van der Waals surface area contributed by atoms with Gasteiger partial charge in [0.1, 0.15) is 6.10 Å². The molecule has 1 aliphatic heterocycles. The summed E-state index contributed by atoms with van der Waals surface area (Å²) in [5, 5.41) is 1.12. The summed E-state index contributed by atoms with van der Waals surface area (Å²) < 4.78 is 7.02. The van der Waals surface area contributed by atoms with Gasteiger partial charge in [0, 0.05) is 22.5 Å². The molecule has 0 aliphatic carbocycles. The minimum Gasteiger partial charge on any atom is -0.473 e. The van der Waals surface area contributed by atoms with Crippen LogP contribution in [0.2, 0.25) is 0 Å². The fourth-order valence-corrected chi connectivity index (χ4v) is 3.09. The van der Waals surface area contributed by atoms with Gasteiger partial charge in [-0.15, -0.1) is 0 Å². The lowest BCUT2D eigenvalue weighted by atomic mass is 10.2. The molecule has 1 atom stereocenters. The van der Waals surface area contributed by atoms with E-state index < -0.39 is 0 Å². The fourth-order valence-electron chi connectivity index (χ4n) is 2.72. The minimum absolute atomic E-state index is 0.175. The molecule has 106 valence electrons. The van der Waals surface area contributed by atoms with Crippen LogP contribution in [-0.2, 0) is 0 Å². The smallest absolute Gasteiger partial charge is 0.214 e. The quantitative estimate of drug-likeness (QED) is 0.848. The molecule has 4 heteroatoms. The van der Waals surface area contributed by atoms with E-state index in [1.165, 1.54) is 25.9 Å². The van der Waals surface area contributed by atoms with Crippen molar-refractivity contribution in [1.29, 1.82) is 0 Å². The Balaban J connectivity index is 1.68. The first-order valence-corrected chi connectivity index (χ1v) is 7.95. The summed E-state index contributed by atoms with van der Waals surface area (Å²) in [6.45, 7) is 5.51. The van der Waals surface area contributed by atoms with Gasteiger partial charge >= 0.3 is 0 Å². The molecular formula is C16H19BrN2O. The molecule has 0 saturated carbocycles. The van der Waals surface area contributed by atoms with Crippen molar-refractivity contribution in [3.8, 4) is 5.88 Å². The van der Waals surface area contributed by atoms with Crippen LogP contribution in [0.1, 0.15) is 19.8 Å². The molecule has 0 spiro atoms. The van der Waals surface area contributed by atoms with E-state index in [0.29, 0.717) is 5.88 Å². The maximum atomic E-state index is 5.95. The predicted molar refractivity (Wildman–Crippen MR) is 85.2 cm³/mol. The molecule has 1 saturated heterocycles. The molecule has 20 heavy (non-hydrogen) atoms. The molecule has 0 N–H and O–H groups in total. The second-order valence-electron chi connectivity index (χ2n) is 5.42. The molecule has 1 unspecified atom stereocenters. The van der Waals surface area contributed by atoms with E-state index in [9.17, 15) is 0 Å². The Bertz CT molecular complexity index is 596. The Kier molecular flexibility index (Phi) is 4.22. The number of ether oxygens (including phenoxy) is 1. The molecule has 1 aromatic heterocycles. The molecule has 2 heterocycles. The predicted octanol–water partition coefficient (Wildman–Crippen LogP) is 3.86. The van der Waals surface area contributed by atoms with Crippen molar-refractivity contribution in [3.63, 3.8) is 0 Å². The number of halogens is 1. The standard InChI is InChI=1S/C16H19BrN2O/c1-12(11-19-8-2-3-9-19)20-16-7-4-13-10-14(17)5-6-15(13)18-16/h4-7,10,12H,2-3,8-9,11H2,1H3. The van der Waals surface area contributed by atoms with Gasteiger partial charge in [-0.05, 0) is 57.1 Å². The number of hydrogen-bond donors (Lipinski definition) is 0. The number of likely N-dealkylation sites (tertiary alicyclic amines) is 1. The molecular weight excluding hydrogens is 316 g/mol. The van der Waals surface area contributed by atoms with Crippen LogP contribution < -0.4 is 4.74 Å². The lowest BCUT2D eigenvalue weighted by molar-refractivity contribution is 0.157. The number of rotatable bonds is 4. The summed E-state index contributed by atoms with van der Waals surface area (Å²) in [5.41, 5.74) is 0.971. The zero-order valence-electron chi connectivity index (χ0n) is 11.7. The van der Waals surface area contributed by atoms with Gasteiger partial charge in [-0.3, -0.25) is 4.90 Å². The van der Waals surface area contributed by atoms with Crippen LogP contribution in [0.4, 0.5) is 0 Å². The van der Waals surface area contributed by atoms with E-state index in [2.05, 4.69) is 44.9 Å². The Morgan fingerprint density at radius 2 is 2.05 bits per heavy atom. The number of hydrogen-bond acceptors (Lipinski definition) is 3. The van der Waals surface area contributed by atoms with Crippen LogP contribution in [0.3, 0.4) is 0 Å². The normalized spacial score (nSPS) is 17.5. The van der Waals surface area contributed by atoms with Crippen molar-refractivity contribution in [2.24, 2.45) is 0 Å². The average molecular weight is 335 g/mol. The maximum absolute atomic E-state index is 5.95. The molecule has 1 aliphatic rings. The van der Waals surface area contributed by atoms with Crippen molar-refractivity contribution in [1.82, 2.24) is 9.88 Å². The van der Waals surface area contributed by atoms with Crippen LogP contribution >= 0.6 is 15.9 Å². The summed E-state index contributed by atoms with van der Waals surface area (Å²) in [5.74, 6) is 0.714. The third kappa shape index (κ3) is 3.30. The van der Waals surface area contributed by atoms with Gasteiger partial charge in [-0.2, -0.15) is 0 Å². The molecule has 0 amide bonds. The Labute approximate surface area is 128 Å². The summed E-state index contributed by atoms with van der Waals surface area (Å²) in [7, 11) is 0. The minimum atomic E-state index is 0.175. The molecule has 1 fully saturated rings. The lowest BCUT2D eigenvalue weighted by Crippen LogP contribution is -2.31. The van der Waals surface area contributed by atoms with E-state index in [1.807, 2.05) is 18.2 Å². The summed E-state index contributed by atoms with van der Waals surface area (Å²) in [6, 6.07) is 10.1. The fraction of sp³-hybridized carbons (Fsp3) is 0.438. The zero-order chi connectivity index (χ0) is 13.9. The van der Waals surface area contributed by atoms with Crippen molar-refractivity contribution in [3.05, 3.63) is 34.8 Å². The van der Waals surface area contributed by atoms with E-state index in [4.69, 9.17) is 4.74 Å². The van der Waals surface area contributed by atoms with Gasteiger partial charge in [0.05, 0.1) is 5.52 Å². The SMILES string of the molecule is CC(CN1CCCC1)Oc1ccc2cc(Br)ccc2n1. The van der Waals surface area contributed by atoms with Gasteiger partial charge in [0.25, 0.3) is 0 Å². The van der Waals surface area contributed by atoms with Crippen LogP contribution in [0, 0.1) is 0 Å². The highest BCUT2D eigenvalue weighted by Gasteiger charge is 2.15. The third-order valence-corrected chi connectivity index (χ3v) is 4.15. The van der Waals surface area contributed by atoms with Crippen LogP contribution in [-0.4, -0.2) is 35.6 Å². The monoisotopic (exact) mass is 334 g/mol. The van der Waals surface area contributed by atoms with E-state index in [0.717, 1.165) is 21.9 Å². The van der Waals surface area contributed by atoms with Gasteiger partial charge in [0.15, 0.2) is 0 Å².